The zero-order valence-corrected chi connectivity index (χ0v) is 15.1. The number of sulfonamides is 1. The monoisotopic (exact) mass is 389 g/mol. The topological polar surface area (TPSA) is 82.0 Å². The van der Waals surface area contributed by atoms with E-state index >= 15 is 0 Å². The molecule has 0 bridgehead atoms. The van der Waals surface area contributed by atoms with Crippen molar-refractivity contribution in [3.05, 3.63) is 70.6 Å². The Morgan fingerprint density at radius 3 is 2.32 bits per heavy atom. The maximum atomic E-state index is 12.3. The van der Waals surface area contributed by atoms with Gasteiger partial charge in [0.1, 0.15) is 4.21 Å². The van der Waals surface area contributed by atoms with E-state index in [1.807, 2.05) is 6.07 Å². The fourth-order valence-electron chi connectivity index (χ4n) is 2.10. The van der Waals surface area contributed by atoms with Crippen molar-refractivity contribution in [2.45, 2.75) is 4.21 Å². The summed E-state index contributed by atoms with van der Waals surface area (Å²) in [6.45, 7) is 0. The zero-order chi connectivity index (χ0) is 17.9. The first kappa shape index (κ1) is 17.3. The summed E-state index contributed by atoms with van der Waals surface area (Å²) >= 11 is 6.79. The highest BCUT2D eigenvalue weighted by Gasteiger charge is 2.16. The van der Waals surface area contributed by atoms with E-state index in [4.69, 9.17) is 16.9 Å². The van der Waals surface area contributed by atoms with Gasteiger partial charge in [0.25, 0.3) is 10.0 Å². The lowest BCUT2D eigenvalue weighted by Gasteiger charge is -2.09. The van der Waals surface area contributed by atoms with E-state index in [-0.39, 0.29) is 4.21 Å². The number of rotatable bonds is 5. The standard InChI is InChI=1S/C17H12ClN3O2S2/c18-16-8-9-17(24-16)25(22,23)21-14-6-4-13(5-7-14)20-15-3-1-2-12(10-15)11-19/h1-10,20-21H. The summed E-state index contributed by atoms with van der Waals surface area (Å²) in [7, 11) is -3.65. The van der Waals surface area contributed by atoms with Crippen LogP contribution in [0.1, 0.15) is 5.56 Å². The van der Waals surface area contributed by atoms with Crippen LogP contribution in [0.2, 0.25) is 4.34 Å². The van der Waals surface area contributed by atoms with E-state index in [1.54, 1.807) is 48.5 Å². The van der Waals surface area contributed by atoms with Gasteiger partial charge in [-0.1, -0.05) is 17.7 Å². The molecule has 0 saturated carbocycles. The lowest BCUT2D eigenvalue weighted by atomic mass is 10.2. The zero-order valence-electron chi connectivity index (χ0n) is 12.7. The van der Waals surface area contributed by atoms with Gasteiger partial charge in [-0.3, -0.25) is 4.72 Å². The fraction of sp³-hybridized carbons (Fsp3) is 0. The second kappa shape index (κ2) is 7.15. The first-order chi connectivity index (χ1) is 12.0. The molecule has 3 rings (SSSR count). The second-order valence-electron chi connectivity index (χ2n) is 5.06. The molecule has 0 fully saturated rings. The van der Waals surface area contributed by atoms with Crippen LogP contribution in [0.5, 0.6) is 0 Å². The Balaban J connectivity index is 1.73. The molecule has 1 heterocycles. The van der Waals surface area contributed by atoms with Crippen LogP contribution in [0.25, 0.3) is 0 Å². The number of thiophene rings is 1. The molecule has 0 radical (unpaired) electrons. The van der Waals surface area contributed by atoms with Crippen LogP contribution in [-0.2, 0) is 10.0 Å². The van der Waals surface area contributed by atoms with Gasteiger partial charge in [-0.25, -0.2) is 8.42 Å². The Kier molecular flexibility index (Phi) is 4.95. The van der Waals surface area contributed by atoms with Crippen molar-refractivity contribution < 1.29 is 8.42 Å². The highest BCUT2D eigenvalue weighted by molar-refractivity contribution is 7.94. The molecule has 2 aromatic carbocycles. The third kappa shape index (κ3) is 4.31. The van der Waals surface area contributed by atoms with Crippen LogP contribution in [0.3, 0.4) is 0 Å². The fourth-order valence-corrected chi connectivity index (χ4v) is 4.64. The molecular weight excluding hydrogens is 378 g/mol. The first-order valence-electron chi connectivity index (χ1n) is 7.12. The van der Waals surface area contributed by atoms with Crippen LogP contribution in [0, 0.1) is 11.3 Å². The van der Waals surface area contributed by atoms with E-state index in [2.05, 4.69) is 16.1 Å². The molecule has 0 aliphatic carbocycles. The minimum Gasteiger partial charge on any atom is -0.355 e. The van der Waals surface area contributed by atoms with Gasteiger partial charge in [0.2, 0.25) is 0 Å². The van der Waals surface area contributed by atoms with Crippen molar-refractivity contribution in [1.29, 1.82) is 5.26 Å². The number of nitrogens with zero attached hydrogens (tertiary/aromatic N) is 1. The highest BCUT2D eigenvalue weighted by atomic mass is 35.5. The van der Waals surface area contributed by atoms with E-state index in [0.29, 0.717) is 15.6 Å². The van der Waals surface area contributed by atoms with Crippen molar-refractivity contribution in [2.75, 3.05) is 10.0 Å². The third-order valence-electron chi connectivity index (χ3n) is 3.23. The quantitative estimate of drug-likeness (QED) is 0.655. The average molecular weight is 390 g/mol. The molecule has 25 heavy (non-hydrogen) atoms. The van der Waals surface area contributed by atoms with Crippen molar-refractivity contribution in [3.8, 4) is 6.07 Å². The van der Waals surface area contributed by atoms with Gasteiger partial charge in [0.05, 0.1) is 16.0 Å². The van der Waals surface area contributed by atoms with E-state index in [1.165, 1.54) is 6.07 Å². The number of nitriles is 1. The van der Waals surface area contributed by atoms with Crippen LogP contribution in [-0.4, -0.2) is 8.42 Å². The van der Waals surface area contributed by atoms with Crippen molar-refractivity contribution in [2.24, 2.45) is 0 Å². The number of anilines is 3. The van der Waals surface area contributed by atoms with Gasteiger partial charge in [0, 0.05) is 17.1 Å². The SMILES string of the molecule is N#Cc1cccc(Nc2ccc(NS(=O)(=O)c3ccc(Cl)s3)cc2)c1. The summed E-state index contributed by atoms with van der Waals surface area (Å²) in [5, 5.41) is 12.1. The van der Waals surface area contributed by atoms with Crippen LogP contribution in [0.4, 0.5) is 17.1 Å². The number of hydrogen-bond donors (Lipinski definition) is 2. The molecule has 3 aromatic rings. The summed E-state index contributed by atoms with van der Waals surface area (Å²) in [6.07, 6.45) is 0. The Hall–Kier alpha value is -2.53. The van der Waals surface area contributed by atoms with Gasteiger partial charge >= 0.3 is 0 Å². The van der Waals surface area contributed by atoms with Crippen LogP contribution < -0.4 is 10.0 Å². The molecule has 0 spiro atoms. The van der Waals surface area contributed by atoms with Crippen LogP contribution >= 0.6 is 22.9 Å². The van der Waals surface area contributed by atoms with Gasteiger partial charge < -0.3 is 5.32 Å². The number of hydrogen-bond acceptors (Lipinski definition) is 5. The molecule has 8 heteroatoms. The predicted octanol–water partition coefficient (Wildman–Crippen LogP) is 4.82. The summed E-state index contributed by atoms with van der Waals surface area (Å²) in [6, 6.07) is 19.0. The average Bonchev–Trinajstić information content (AvgIpc) is 3.04. The Bertz CT molecular complexity index is 1040. The van der Waals surface area contributed by atoms with Gasteiger partial charge in [-0.2, -0.15) is 5.26 Å². The number of nitrogens with one attached hydrogen (secondary N) is 2. The molecule has 0 aliphatic rings. The molecule has 5 nitrogen and oxygen atoms in total. The number of halogens is 1. The van der Waals surface area contributed by atoms with E-state index in [9.17, 15) is 8.42 Å². The van der Waals surface area contributed by atoms with Gasteiger partial charge in [-0.05, 0) is 54.6 Å². The minimum absolute atomic E-state index is 0.160. The molecule has 0 unspecified atom stereocenters. The summed E-state index contributed by atoms with van der Waals surface area (Å²) in [4.78, 5) is 0. The van der Waals surface area contributed by atoms with Gasteiger partial charge in [-0.15, -0.1) is 11.3 Å². The lowest BCUT2D eigenvalue weighted by molar-refractivity contribution is 0.603. The maximum absolute atomic E-state index is 12.3. The maximum Gasteiger partial charge on any atom is 0.271 e. The molecule has 1 aromatic heterocycles. The molecular formula is C17H12ClN3O2S2. The minimum atomic E-state index is -3.65. The predicted molar refractivity (Wildman–Crippen MR) is 101 cm³/mol. The largest absolute Gasteiger partial charge is 0.355 e. The molecule has 126 valence electrons. The van der Waals surface area contributed by atoms with Crippen molar-refractivity contribution in [1.82, 2.24) is 0 Å². The highest BCUT2D eigenvalue weighted by Crippen LogP contribution is 2.28. The van der Waals surface area contributed by atoms with E-state index in [0.717, 1.165) is 22.7 Å². The normalized spacial score (nSPS) is 10.9. The lowest BCUT2D eigenvalue weighted by Crippen LogP contribution is -2.11. The third-order valence-corrected chi connectivity index (χ3v) is 6.34. The molecule has 0 saturated heterocycles. The van der Waals surface area contributed by atoms with Crippen LogP contribution in [0.15, 0.2) is 64.9 Å². The summed E-state index contributed by atoms with van der Waals surface area (Å²) in [5.74, 6) is 0. The summed E-state index contributed by atoms with van der Waals surface area (Å²) in [5.41, 5.74) is 2.56. The Labute approximate surface area is 154 Å². The number of benzene rings is 2. The molecule has 2 N–H and O–H groups in total. The smallest absolute Gasteiger partial charge is 0.271 e. The van der Waals surface area contributed by atoms with Crippen molar-refractivity contribution in [3.63, 3.8) is 0 Å². The molecule has 0 atom stereocenters. The second-order valence-corrected chi connectivity index (χ2v) is 8.68. The van der Waals surface area contributed by atoms with Crippen molar-refractivity contribution >= 4 is 50.0 Å². The summed E-state index contributed by atoms with van der Waals surface area (Å²) < 4.78 is 27.6. The van der Waals surface area contributed by atoms with E-state index < -0.39 is 10.0 Å². The molecule has 0 amide bonds. The Morgan fingerprint density at radius 2 is 1.68 bits per heavy atom. The molecule has 0 aliphatic heterocycles. The van der Waals surface area contributed by atoms with Gasteiger partial charge in [0.15, 0.2) is 0 Å². The Morgan fingerprint density at radius 1 is 0.960 bits per heavy atom. The first-order valence-corrected chi connectivity index (χ1v) is 9.79.